The van der Waals surface area contributed by atoms with Gasteiger partial charge in [-0.05, 0) is 38.6 Å². The Hall–Kier alpha value is -0.940. The fourth-order valence-electron chi connectivity index (χ4n) is 2.97. The first kappa shape index (κ1) is 11.2. The molecular formula is C12H18N2O3. The number of carbonyl (C=O) groups is 2. The van der Waals surface area contributed by atoms with Gasteiger partial charge in [-0.2, -0.15) is 0 Å². The van der Waals surface area contributed by atoms with Gasteiger partial charge in [0.15, 0.2) is 0 Å². The van der Waals surface area contributed by atoms with Gasteiger partial charge in [-0.1, -0.05) is 0 Å². The molecule has 3 aliphatic rings. The van der Waals surface area contributed by atoms with Crippen LogP contribution in [-0.2, 0) is 14.3 Å². The van der Waals surface area contributed by atoms with Crippen molar-refractivity contribution in [3.05, 3.63) is 0 Å². The maximum absolute atomic E-state index is 12.0. The van der Waals surface area contributed by atoms with Crippen LogP contribution in [0.1, 0.15) is 32.1 Å². The molecule has 2 amide bonds. The van der Waals surface area contributed by atoms with Crippen molar-refractivity contribution in [3.8, 4) is 0 Å². The largest absolute Gasteiger partial charge is 0.355 e. The summed E-state index contributed by atoms with van der Waals surface area (Å²) in [5.74, 6) is -0.247. The third-order valence-corrected chi connectivity index (χ3v) is 3.97. The average Bonchev–Trinajstić information content (AvgIpc) is 2.97. The fourth-order valence-corrected chi connectivity index (χ4v) is 2.97. The van der Waals surface area contributed by atoms with Crippen molar-refractivity contribution < 1.29 is 14.3 Å². The number of amides is 2. The van der Waals surface area contributed by atoms with Crippen molar-refractivity contribution in [3.63, 3.8) is 0 Å². The van der Waals surface area contributed by atoms with Gasteiger partial charge in [-0.25, -0.2) is 0 Å². The molecule has 0 aromatic rings. The van der Waals surface area contributed by atoms with E-state index in [2.05, 4.69) is 5.32 Å². The second-order valence-corrected chi connectivity index (χ2v) is 5.10. The van der Waals surface area contributed by atoms with E-state index in [1.54, 1.807) is 0 Å². The number of rotatable bonds is 3. The SMILES string of the molecule is O=C1C2CCC(O2)C(=O)N1CCC1CCCN1. The van der Waals surface area contributed by atoms with Gasteiger partial charge in [-0.15, -0.1) is 0 Å². The lowest BCUT2D eigenvalue weighted by molar-refractivity contribution is -0.168. The number of hydrogen-bond acceptors (Lipinski definition) is 4. The van der Waals surface area contributed by atoms with Gasteiger partial charge >= 0.3 is 0 Å². The van der Waals surface area contributed by atoms with E-state index in [0.717, 1.165) is 19.4 Å². The van der Waals surface area contributed by atoms with Crippen molar-refractivity contribution in [2.24, 2.45) is 0 Å². The Bertz CT molecular complexity index is 317. The van der Waals surface area contributed by atoms with Crippen molar-refractivity contribution in [1.82, 2.24) is 10.2 Å². The van der Waals surface area contributed by atoms with Crippen LogP contribution in [0.2, 0.25) is 0 Å². The van der Waals surface area contributed by atoms with E-state index in [4.69, 9.17) is 4.74 Å². The molecule has 3 atom stereocenters. The summed E-state index contributed by atoms with van der Waals surface area (Å²) in [7, 11) is 0. The van der Waals surface area contributed by atoms with Crippen molar-refractivity contribution in [1.29, 1.82) is 0 Å². The number of imide groups is 1. The van der Waals surface area contributed by atoms with Gasteiger partial charge in [0.25, 0.3) is 11.8 Å². The number of nitrogens with zero attached hydrogens (tertiary/aromatic N) is 1. The summed E-state index contributed by atoms with van der Waals surface area (Å²) < 4.78 is 5.37. The average molecular weight is 238 g/mol. The first-order chi connectivity index (χ1) is 8.25. The Morgan fingerprint density at radius 2 is 1.88 bits per heavy atom. The molecule has 3 rings (SSSR count). The van der Waals surface area contributed by atoms with E-state index < -0.39 is 0 Å². The van der Waals surface area contributed by atoms with Gasteiger partial charge in [0.2, 0.25) is 0 Å². The zero-order valence-corrected chi connectivity index (χ0v) is 9.85. The summed E-state index contributed by atoms with van der Waals surface area (Å²) in [5.41, 5.74) is 0. The number of carbonyl (C=O) groups excluding carboxylic acids is 2. The summed E-state index contributed by atoms with van der Waals surface area (Å²) in [5, 5.41) is 3.38. The molecule has 3 unspecified atom stereocenters. The van der Waals surface area contributed by atoms with Crippen LogP contribution in [0.15, 0.2) is 0 Å². The minimum atomic E-state index is -0.353. The van der Waals surface area contributed by atoms with Crippen LogP contribution < -0.4 is 5.32 Å². The molecule has 3 fully saturated rings. The molecule has 3 heterocycles. The highest BCUT2D eigenvalue weighted by Crippen LogP contribution is 2.28. The summed E-state index contributed by atoms with van der Waals surface area (Å²) in [6.07, 6.45) is 3.92. The molecule has 3 aliphatic heterocycles. The first-order valence-electron chi connectivity index (χ1n) is 6.50. The molecule has 0 spiro atoms. The van der Waals surface area contributed by atoms with Crippen molar-refractivity contribution in [2.75, 3.05) is 13.1 Å². The standard InChI is InChI=1S/C12H18N2O3/c15-11-9-3-4-10(17-9)12(16)14(11)7-5-8-2-1-6-13-8/h8-10,13H,1-7H2. The highest BCUT2D eigenvalue weighted by atomic mass is 16.5. The lowest BCUT2D eigenvalue weighted by atomic mass is 10.1. The number of hydrogen-bond donors (Lipinski definition) is 1. The smallest absolute Gasteiger partial charge is 0.258 e. The molecule has 0 radical (unpaired) electrons. The zero-order chi connectivity index (χ0) is 11.8. The summed E-state index contributed by atoms with van der Waals surface area (Å²) in [6.45, 7) is 1.60. The minimum Gasteiger partial charge on any atom is -0.355 e. The van der Waals surface area contributed by atoms with Crippen LogP contribution in [0.25, 0.3) is 0 Å². The summed E-state index contributed by atoms with van der Waals surface area (Å²) >= 11 is 0. The predicted octanol–water partition coefficient (Wildman–Crippen LogP) is 0.0449. The Balaban J connectivity index is 1.61. The van der Waals surface area contributed by atoms with Gasteiger partial charge in [0.05, 0.1) is 0 Å². The van der Waals surface area contributed by atoms with E-state index in [1.165, 1.54) is 11.3 Å². The highest BCUT2D eigenvalue weighted by molar-refractivity contribution is 6.02. The molecule has 0 aromatic heterocycles. The van der Waals surface area contributed by atoms with E-state index >= 15 is 0 Å². The van der Waals surface area contributed by atoms with E-state index in [9.17, 15) is 9.59 Å². The quantitative estimate of drug-likeness (QED) is 0.706. The predicted molar refractivity (Wildman–Crippen MR) is 60.3 cm³/mol. The molecule has 0 saturated carbocycles. The molecule has 5 nitrogen and oxygen atoms in total. The van der Waals surface area contributed by atoms with Crippen LogP contribution in [-0.4, -0.2) is 48.1 Å². The normalized spacial score (nSPS) is 36.9. The Morgan fingerprint density at radius 1 is 1.18 bits per heavy atom. The van der Waals surface area contributed by atoms with E-state index in [0.29, 0.717) is 25.4 Å². The van der Waals surface area contributed by atoms with Crippen LogP contribution >= 0.6 is 0 Å². The minimum absolute atomic E-state index is 0.123. The molecule has 5 heteroatoms. The topological polar surface area (TPSA) is 58.6 Å². The Labute approximate surface area is 100 Å². The van der Waals surface area contributed by atoms with Crippen molar-refractivity contribution >= 4 is 11.8 Å². The molecule has 0 aliphatic carbocycles. The van der Waals surface area contributed by atoms with Gasteiger partial charge in [-0.3, -0.25) is 14.5 Å². The third-order valence-electron chi connectivity index (χ3n) is 3.97. The van der Waals surface area contributed by atoms with Gasteiger partial charge < -0.3 is 10.1 Å². The van der Waals surface area contributed by atoms with Crippen LogP contribution in [0.3, 0.4) is 0 Å². The molecule has 2 bridgehead atoms. The lowest BCUT2D eigenvalue weighted by Gasteiger charge is -2.30. The third kappa shape index (κ3) is 1.98. The van der Waals surface area contributed by atoms with E-state index in [1.807, 2.05) is 0 Å². The maximum atomic E-state index is 12.0. The zero-order valence-electron chi connectivity index (χ0n) is 9.85. The summed E-state index contributed by atoms with van der Waals surface area (Å²) in [4.78, 5) is 25.3. The number of nitrogens with one attached hydrogen (secondary N) is 1. The number of ether oxygens (including phenoxy) is 1. The fraction of sp³-hybridized carbons (Fsp3) is 0.833. The molecule has 3 saturated heterocycles. The lowest BCUT2D eigenvalue weighted by Crippen LogP contribution is -2.52. The second kappa shape index (κ2) is 4.38. The van der Waals surface area contributed by atoms with Gasteiger partial charge in [0, 0.05) is 12.6 Å². The first-order valence-corrected chi connectivity index (χ1v) is 6.50. The Morgan fingerprint density at radius 3 is 2.47 bits per heavy atom. The Kier molecular flexibility index (Phi) is 2.88. The molecular weight excluding hydrogens is 220 g/mol. The maximum Gasteiger partial charge on any atom is 0.258 e. The second-order valence-electron chi connectivity index (χ2n) is 5.10. The molecule has 0 aromatic carbocycles. The number of fused-ring (bicyclic) bond motifs is 2. The number of morpholine rings is 1. The molecule has 1 N–H and O–H groups in total. The van der Waals surface area contributed by atoms with E-state index in [-0.39, 0.29) is 24.0 Å². The molecule has 17 heavy (non-hydrogen) atoms. The van der Waals surface area contributed by atoms with Crippen LogP contribution in [0, 0.1) is 0 Å². The van der Waals surface area contributed by atoms with Gasteiger partial charge in [0.1, 0.15) is 12.2 Å². The van der Waals surface area contributed by atoms with Crippen molar-refractivity contribution in [2.45, 2.75) is 50.4 Å². The molecule has 94 valence electrons. The van der Waals surface area contributed by atoms with Crippen LogP contribution in [0.5, 0.6) is 0 Å². The summed E-state index contributed by atoms with van der Waals surface area (Å²) in [6, 6.07) is 0.469. The van der Waals surface area contributed by atoms with Crippen LogP contribution in [0.4, 0.5) is 0 Å². The monoisotopic (exact) mass is 238 g/mol. The number of likely N-dealkylation sites (tertiary alicyclic amines) is 1. The highest BCUT2D eigenvalue weighted by Gasteiger charge is 2.46.